The topological polar surface area (TPSA) is 60.9 Å². The van der Waals surface area contributed by atoms with Gasteiger partial charge in [0.05, 0.1) is 5.69 Å². The van der Waals surface area contributed by atoms with Crippen molar-refractivity contribution in [3.8, 4) is 0 Å². The molecule has 0 fully saturated rings. The molecule has 0 aromatic carbocycles. The van der Waals surface area contributed by atoms with Crippen molar-refractivity contribution in [1.82, 2.24) is 9.78 Å². The van der Waals surface area contributed by atoms with Gasteiger partial charge in [-0.2, -0.15) is 9.78 Å². The molecule has 1 unspecified atom stereocenters. The first-order chi connectivity index (χ1) is 6.59. The van der Waals surface area contributed by atoms with Crippen LogP contribution < -0.4 is 5.73 Å². The number of carbonyl (C=O) groups is 1. The molecule has 1 heterocycles. The molecule has 0 saturated carbocycles. The Morgan fingerprint density at radius 1 is 1.64 bits per heavy atom. The van der Waals surface area contributed by atoms with Gasteiger partial charge in [-0.25, -0.2) is 4.79 Å². The van der Waals surface area contributed by atoms with Crippen LogP contribution in [0.4, 0.5) is 4.79 Å². The highest BCUT2D eigenvalue weighted by Crippen LogP contribution is 2.26. The third-order valence-corrected chi connectivity index (χ3v) is 2.96. The Kier molecular flexibility index (Phi) is 2.06. The molecule has 4 heteroatoms. The predicted molar refractivity (Wildman–Crippen MR) is 53.1 cm³/mol. The third-order valence-electron chi connectivity index (χ3n) is 2.96. The van der Waals surface area contributed by atoms with Gasteiger partial charge in [0.25, 0.3) is 0 Å². The van der Waals surface area contributed by atoms with E-state index >= 15 is 0 Å². The minimum absolute atomic E-state index is 0.482. The summed E-state index contributed by atoms with van der Waals surface area (Å²) in [5.41, 5.74) is 8.42. The zero-order chi connectivity index (χ0) is 10.3. The summed E-state index contributed by atoms with van der Waals surface area (Å²) in [5, 5.41) is 4.24. The molecule has 2 rings (SSSR count). The van der Waals surface area contributed by atoms with Crippen LogP contribution in [0.3, 0.4) is 0 Å². The number of aromatic nitrogens is 2. The third kappa shape index (κ3) is 1.31. The van der Waals surface area contributed by atoms with E-state index in [0.717, 1.165) is 24.2 Å². The molecular formula is C10H15N3O. The van der Waals surface area contributed by atoms with Crippen LogP contribution in [0.2, 0.25) is 0 Å². The van der Waals surface area contributed by atoms with Crippen molar-refractivity contribution in [2.24, 2.45) is 11.7 Å². The van der Waals surface area contributed by atoms with Crippen LogP contribution in [0, 0.1) is 12.8 Å². The number of nitrogens with zero attached hydrogens (tertiary/aromatic N) is 2. The van der Waals surface area contributed by atoms with Gasteiger partial charge in [0.15, 0.2) is 0 Å². The number of hydrogen-bond donors (Lipinski definition) is 1. The fourth-order valence-corrected chi connectivity index (χ4v) is 2.12. The van der Waals surface area contributed by atoms with Crippen molar-refractivity contribution in [1.29, 1.82) is 0 Å². The number of primary amides is 1. The zero-order valence-electron chi connectivity index (χ0n) is 8.58. The average Bonchev–Trinajstić information content (AvgIpc) is 2.43. The fraction of sp³-hybridized carbons (Fsp3) is 0.600. The summed E-state index contributed by atoms with van der Waals surface area (Å²) >= 11 is 0. The van der Waals surface area contributed by atoms with E-state index in [2.05, 4.69) is 12.0 Å². The minimum atomic E-state index is -0.482. The lowest BCUT2D eigenvalue weighted by Gasteiger charge is -2.16. The highest BCUT2D eigenvalue weighted by atomic mass is 16.2. The van der Waals surface area contributed by atoms with Crippen LogP contribution in [0.5, 0.6) is 0 Å². The first-order valence-corrected chi connectivity index (χ1v) is 4.96. The molecule has 4 nitrogen and oxygen atoms in total. The van der Waals surface area contributed by atoms with Gasteiger partial charge in [0, 0.05) is 5.69 Å². The maximum absolute atomic E-state index is 11.0. The summed E-state index contributed by atoms with van der Waals surface area (Å²) in [6.07, 6.45) is 3.17. The summed E-state index contributed by atoms with van der Waals surface area (Å²) in [4.78, 5) is 11.0. The highest BCUT2D eigenvalue weighted by Gasteiger charge is 2.22. The lowest BCUT2D eigenvalue weighted by atomic mass is 9.88. The summed E-state index contributed by atoms with van der Waals surface area (Å²) in [7, 11) is 0. The molecule has 76 valence electrons. The van der Waals surface area contributed by atoms with E-state index in [0.29, 0.717) is 5.92 Å². The van der Waals surface area contributed by atoms with Gasteiger partial charge in [-0.05, 0) is 37.7 Å². The van der Waals surface area contributed by atoms with Crippen LogP contribution in [0.25, 0.3) is 0 Å². The second-order valence-corrected chi connectivity index (χ2v) is 4.11. The quantitative estimate of drug-likeness (QED) is 0.674. The van der Waals surface area contributed by atoms with Crippen LogP contribution in [-0.4, -0.2) is 15.8 Å². The Bertz CT molecular complexity index is 381. The largest absolute Gasteiger partial charge is 0.350 e. The Hall–Kier alpha value is -1.32. The Balaban J connectivity index is 2.45. The van der Waals surface area contributed by atoms with Gasteiger partial charge in [-0.3, -0.25) is 0 Å². The lowest BCUT2D eigenvalue weighted by molar-refractivity contribution is 0.247. The van der Waals surface area contributed by atoms with Gasteiger partial charge < -0.3 is 5.73 Å². The standard InChI is InChI=1S/C10H15N3O/c1-6-3-4-8-7(2)13(10(11)14)12-9(8)5-6/h6H,3-5H2,1-2H3,(H2,11,14). The van der Waals surface area contributed by atoms with E-state index in [4.69, 9.17) is 5.73 Å². The predicted octanol–water partition coefficient (Wildman–Crippen LogP) is 1.24. The molecule has 0 bridgehead atoms. The number of fused-ring (bicyclic) bond motifs is 1. The normalized spacial score (nSPS) is 20.6. The average molecular weight is 193 g/mol. The number of rotatable bonds is 0. The smallest absolute Gasteiger partial charge is 0.339 e. The molecule has 0 radical (unpaired) electrons. The van der Waals surface area contributed by atoms with E-state index in [-0.39, 0.29) is 0 Å². The van der Waals surface area contributed by atoms with Crippen LogP contribution in [0.15, 0.2) is 0 Å². The highest BCUT2D eigenvalue weighted by molar-refractivity contribution is 5.75. The summed E-state index contributed by atoms with van der Waals surface area (Å²) < 4.78 is 1.32. The maximum atomic E-state index is 11.0. The van der Waals surface area contributed by atoms with E-state index < -0.39 is 6.03 Å². The fourth-order valence-electron chi connectivity index (χ4n) is 2.12. The van der Waals surface area contributed by atoms with Gasteiger partial charge in [-0.1, -0.05) is 6.92 Å². The van der Waals surface area contributed by atoms with Crippen molar-refractivity contribution >= 4 is 6.03 Å². The molecule has 1 aromatic rings. The summed E-state index contributed by atoms with van der Waals surface area (Å²) in [6, 6.07) is -0.482. The number of hydrogen-bond acceptors (Lipinski definition) is 2. The SMILES string of the molecule is Cc1c2c(nn1C(N)=O)CC(C)CC2. The number of carbonyl (C=O) groups excluding carboxylic acids is 1. The zero-order valence-corrected chi connectivity index (χ0v) is 8.58. The van der Waals surface area contributed by atoms with Crippen molar-refractivity contribution in [2.75, 3.05) is 0 Å². The van der Waals surface area contributed by atoms with Gasteiger partial charge in [-0.15, -0.1) is 0 Å². The van der Waals surface area contributed by atoms with Crippen molar-refractivity contribution in [3.05, 3.63) is 17.0 Å². The molecule has 0 saturated heterocycles. The Morgan fingerprint density at radius 3 is 3.00 bits per heavy atom. The molecule has 1 atom stereocenters. The van der Waals surface area contributed by atoms with E-state index in [1.807, 2.05) is 6.92 Å². The molecule has 1 aromatic heterocycles. The van der Waals surface area contributed by atoms with Crippen LogP contribution >= 0.6 is 0 Å². The molecule has 1 amide bonds. The van der Waals surface area contributed by atoms with Gasteiger partial charge in [0.2, 0.25) is 0 Å². The first-order valence-electron chi connectivity index (χ1n) is 4.96. The number of amides is 1. The number of nitrogens with two attached hydrogens (primary N) is 1. The molecule has 1 aliphatic carbocycles. The van der Waals surface area contributed by atoms with Crippen molar-refractivity contribution < 1.29 is 4.79 Å². The summed E-state index contributed by atoms with van der Waals surface area (Å²) in [5.74, 6) is 0.665. The molecule has 0 spiro atoms. The minimum Gasteiger partial charge on any atom is -0.350 e. The Morgan fingerprint density at radius 2 is 2.36 bits per heavy atom. The van der Waals surface area contributed by atoms with Crippen molar-refractivity contribution in [2.45, 2.75) is 33.1 Å². The van der Waals surface area contributed by atoms with E-state index in [9.17, 15) is 4.79 Å². The molecule has 2 N–H and O–H groups in total. The van der Waals surface area contributed by atoms with Crippen molar-refractivity contribution in [3.63, 3.8) is 0 Å². The first kappa shape index (κ1) is 9.24. The van der Waals surface area contributed by atoms with E-state index in [1.54, 1.807) is 0 Å². The second kappa shape index (κ2) is 3.12. The Labute approximate surface area is 83.1 Å². The van der Waals surface area contributed by atoms with Crippen LogP contribution in [-0.2, 0) is 12.8 Å². The van der Waals surface area contributed by atoms with Gasteiger partial charge >= 0.3 is 6.03 Å². The molecular weight excluding hydrogens is 178 g/mol. The van der Waals surface area contributed by atoms with Gasteiger partial charge in [0.1, 0.15) is 0 Å². The molecule has 14 heavy (non-hydrogen) atoms. The van der Waals surface area contributed by atoms with Crippen LogP contribution in [0.1, 0.15) is 30.3 Å². The maximum Gasteiger partial charge on any atom is 0.339 e. The van der Waals surface area contributed by atoms with E-state index in [1.165, 1.54) is 16.7 Å². The monoisotopic (exact) mass is 193 g/mol. The summed E-state index contributed by atoms with van der Waals surface area (Å²) in [6.45, 7) is 4.12. The lowest BCUT2D eigenvalue weighted by Crippen LogP contribution is -2.22. The second-order valence-electron chi connectivity index (χ2n) is 4.11. The molecule has 0 aliphatic heterocycles. The molecule has 1 aliphatic rings.